The second kappa shape index (κ2) is 9.21. The van der Waals surface area contributed by atoms with E-state index >= 15 is 0 Å². The van der Waals surface area contributed by atoms with Crippen LogP contribution in [-0.4, -0.2) is 57.9 Å². The number of rotatable bonds is 6. The largest absolute Gasteiger partial charge is 0.492 e. The number of aromatic nitrogens is 1. The van der Waals surface area contributed by atoms with Gasteiger partial charge in [0.2, 0.25) is 11.8 Å². The van der Waals surface area contributed by atoms with Crippen LogP contribution in [0.4, 0.5) is 0 Å². The first-order valence-electron chi connectivity index (χ1n) is 12.0. The molecular weight excluding hydrogens is 436 g/mol. The fraction of sp³-hybridized carbons (Fsp3) is 0.520. The summed E-state index contributed by atoms with van der Waals surface area (Å²) in [6.07, 6.45) is 4.01. The van der Waals surface area contributed by atoms with Crippen molar-refractivity contribution in [3.8, 4) is 5.75 Å². The van der Waals surface area contributed by atoms with Crippen molar-refractivity contribution >= 4 is 17.7 Å². The summed E-state index contributed by atoms with van der Waals surface area (Å²) in [7, 11) is 0. The predicted octanol–water partition coefficient (Wildman–Crippen LogP) is 2.49. The number of amides is 3. The molecule has 2 fully saturated rings. The molecule has 0 spiro atoms. The Morgan fingerprint density at radius 3 is 2.79 bits per heavy atom. The Labute approximate surface area is 198 Å². The lowest BCUT2D eigenvalue weighted by atomic mass is 10.0. The number of carbonyl (C=O) groups excluding carboxylic acids is 3. The molecule has 2 saturated heterocycles. The highest BCUT2D eigenvalue weighted by molar-refractivity contribution is 6.05. The maximum atomic E-state index is 12.9. The molecule has 0 aliphatic carbocycles. The number of imide groups is 1. The minimum absolute atomic E-state index is 0.172. The van der Waals surface area contributed by atoms with Crippen molar-refractivity contribution < 1.29 is 23.6 Å². The minimum atomic E-state index is -0.609. The SMILES string of the molecule is Cc1noc(C)c1CN1CCCC[C@H]1COc1ccc2c(c1)CN(C1CCC(=O)NC1=O)C2=O. The Kier molecular flexibility index (Phi) is 6.12. The molecule has 9 heteroatoms. The van der Waals surface area contributed by atoms with E-state index in [9.17, 15) is 14.4 Å². The van der Waals surface area contributed by atoms with Crippen molar-refractivity contribution in [2.45, 2.75) is 71.1 Å². The third-order valence-electron chi connectivity index (χ3n) is 7.23. The quantitative estimate of drug-likeness (QED) is 0.652. The lowest BCUT2D eigenvalue weighted by molar-refractivity contribution is -0.136. The van der Waals surface area contributed by atoms with Crippen molar-refractivity contribution in [3.63, 3.8) is 0 Å². The molecule has 0 bridgehead atoms. The molecule has 2 aromatic rings. The summed E-state index contributed by atoms with van der Waals surface area (Å²) >= 11 is 0. The zero-order valence-corrected chi connectivity index (χ0v) is 19.6. The molecular formula is C25H30N4O5. The van der Waals surface area contributed by atoms with Gasteiger partial charge in [-0.2, -0.15) is 0 Å². The van der Waals surface area contributed by atoms with E-state index in [-0.39, 0.29) is 24.3 Å². The van der Waals surface area contributed by atoms with E-state index in [0.717, 1.165) is 54.3 Å². The van der Waals surface area contributed by atoms with Crippen LogP contribution in [0.25, 0.3) is 0 Å². The highest BCUT2D eigenvalue weighted by atomic mass is 16.5. The lowest BCUT2D eigenvalue weighted by Crippen LogP contribution is -2.52. The van der Waals surface area contributed by atoms with Crippen molar-refractivity contribution in [1.82, 2.24) is 20.3 Å². The Morgan fingerprint density at radius 1 is 1.18 bits per heavy atom. The van der Waals surface area contributed by atoms with Gasteiger partial charge in [0.15, 0.2) is 0 Å². The molecule has 34 heavy (non-hydrogen) atoms. The van der Waals surface area contributed by atoms with Gasteiger partial charge in [-0.3, -0.25) is 24.6 Å². The summed E-state index contributed by atoms with van der Waals surface area (Å²) in [5.74, 6) is 0.733. The van der Waals surface area contributed by atoms with E-state index in [1.807, 2.05) is 26.0 Å². The van der Waals surface area contributed by atoms with Gasteiger partial charge in [0.25, 0.3) is 5.91 Å². The van der Waals surface area contributed by atoms with Gasteiger partial charge < -0.3 is 14.2 Å². The van der Waals surface area contributed by atoms with Gasteiger partial charge in [-0.1, -0.05) is 11.6 Å². The Hall–Kier alpha value is -3.20. The Morgan fingerprint density at radius 2 is 2.03 bits per heavy atom. The van der Waals surface area contributed by atoms with Crippen molar-refractivity contribution in [2.24, 2.45) is 0 Å². The summed E-state index contributed by atoms with van der Waals surface area (Å²) in [6, 6.07) is 5.19. The van der Waals surface area contributed by atoms with E-state index < -0.39 is 11.9 Å². The molecule has 9 nitrogen and oxygen atoms in total. The monoisotopic (exact) mass is 466 g/mol. The summed E-state index contributed by atoms with van der Waals surface area (Å²) < 4.78 is 11.5. The minimum Gasteiger partial charge on any atom is -0.492 e. The molecule has 0 radical (unpaired) electrons. The molecule has 3 aliphatic rings. The number of carbonyl (C=O) groups is 3. The van der Waals surface area contributed by atoms with Crippen LogP contribution < -0.4 is 10.1 Å². The molecule has 1 aromatic heterocycles. The number of nitrogens with one attached hydrogen (secondary N) is 1. The average Bonchev–Trinajstić information content (AvgIpc) is 3.32. The topological polar surface area (TPSA) is 105 Å². The second-order valence-electron chi connectivity index (χ2n) is 9.45. The van der Waals surface area contributed by atoms with Crippen molar-refractivity contribution in [3.05, 3.63) is 46.3 Å². The zero-order valence-electron chi connectivity index (χ0n) is 19.6. The number of hydrogen-bond acceptors (Lipinski definition) is 7. The van der Waals surface area contributed by atoms with Crippen LogP contribution in [0.5, 0.6) is 5.75 Å². The molecule has 4 heterocycles. The number of benzene rings is 1. The highest BCUT2D eigenvalue weighted by Gasteiger charge is 2.39. The summed E-state index contributed by atoms with van der Waals surface area (Å²) in [5.41, 5.74) is 3.53. The molecule has 2 atom stereocenters. The normalized spacial score (nSPS) is 23.2. The smallest absolute Gasteiger partial charge is 0.255 e. The average molecular weight is 467 g/mol. The Balaban J connectivity index is 1.24. The van der Waals surface area contributed by atoms with Gasteiger partial charge in [0.05, 0.1) is 5.69 Å². The first-order chi connectivity index (χ1) is 16.4. The number of piperidine rings is 2. The van der Waals surface area contributed by atoms with Gasteiger partial charge in [-0.05, 0) is 63.4 Å². The first kappa shape index (κ1) is 22.6. The van der Waals surface area contributed by atoms with Crippen LogP contribution in [0.3, 0.4) is 0 Å². The third kappa shape index (κ3) is 4.32. The van der Waals surface area contributed by atoms with Crippen LogP contribution >= 0.6 is 0 Å². The van der Waals surface area contributed by atoms with E-state index in [1.165, 1.54) is 6.42 Å². The number of ether oxygens (including phenoxy) is 1. The fourth-order valence-electron chi connectivity index (χ4n) is 5.22. The zero-order chi connectivity index (χ0) is 23.8. The summed E-state index contributed by atoms with van der Waals surface area (Å²) in [5, 5.41) is 6.42. The van der Waals surface area contributed by atoms with E-state index in [4.69, 9.17) is 9.26 Å². The van der Waals surface area contributed by atoms with Crippen LogP contribution in [0.1, 0.15) is 65.0 Å². The third-order valence-corrected chi connectivity index (χ3v) is 7.23. The highest BCUT2D eigenvalue weighted by Crippen LogP contribution is 2.31. The van der Waals surface area contributed by atoms with Crippen LogP contribution in [-0.2, 0) is 22.7 Å². The molecule has 1 unspecified atom stereocenters. The number of nitrogens with zero attached hydrogens (tertiary/aromatic N) is 3. The summed E-state index contributed by atoms with van der Waals surface area (Å²) in [6.45, 7) is 6.65. The van der Waals surface area contributed by atoms with Gasteiger partial charge in [0.1, 0.15) is 24.2 Å². The molecule has 3 aliphatic heterocycles. The van der Waals surface area contributed by atoms with Gasteiger partial charge in [-0.15, -0.1) is 0 Å². The van der Waals surface area contributed by atoms with Crippen LogP contribution in [0, 0.1) is 13.8 Å². The predicted molar refractivity (Wildman–Crippen MR) is 122 cm³/mol. The maximum Gasteiger partial charge on any atom is 0.255 e. The van der Waals surface area contributed by atoms with Crippen LogP contribution in [0.15, 0.2) is 22.7 Å². The van der Waals surface area contributed by atoms with Gasteiger partial charge in [0, 0.05) is 36.7 Å². The van der Waals surface area contributed by atoms with Gasteiger partial charge >= 0.3 is 0 Å². The molecule has 5 rings (SSSR count). The number of hydrogen-bond donors (Lipinski definition) is 1. The molecule has 1 N–H and O–H groups in total. The van der Waals surface area contributed by atoms with Crippen molar-refractivity contribution in [2.75, 3.05) is 13.2 Å². The van der Waals surface area contributed by atoms with E-state index in [1.54, 1.807) is 11.0 Å². The summed E-state index contributed by atoms with van der Waals surface area (Å²) in [4.78, 5) is 40.6. The molecule has 1 aromatic carbocycles. The molecule has 0 saturated carbocycles. The van der Waals surface area contributed by atoms with Crippen LogP contribution in [0.2, 0.25) is 0 Å². The molecule has 180 valence electrons. The standard InChI is InChI=1S/C25H30N4O5/c1-15-21(16(2)34-27-15)13-28-10-4-3-5-18(28)14-33-19-6-7-20-17(11-19)12-29(25(20)32)22-8-9-23(30)26-24(22)31/h6-7,11,18,22H,3-5,8-10,12-14H2,1-2H3,(H,26,30,31)/t18-,22?/m0/s1. The molecule has 3 amide bonds. The van der Waals surface area contributed by atoms with E-state index in [0.29, 0.717) is 25.1 Å². The van der Waals surface area contributed by atoms with E-state index in [2.05, 4.69) is 15.4 Å². The maximum absolute atomic E-state index is 12.9. The lowest BCUT2D eigenvalue weighted by Gasteiger charge is -2.35. The Bertz CT molecular complexity index is 1110. The first-order valence-corrected chi connectivity index (χ1v) is 12.0. The number of aryl methyl sites for hydroxylation is 2. The van der Waals surface area contributed by atoms with Crippen molar-refractivity contribution in [1.29, 1.82) is 0 Å². The number of likely N-dealkylation sites (tertiary alicyclic amines) is 1. The second-order valence-corrected chi connectivity index (χ2v) is 9.45. The number of fused-ring (bicyclic) bond motifs is 1. The van der Waals surface area contributed by atoms with Gasteiger partial charge in [-0.25, -0.2) is 0 Å². The fourth-order valence-corrected chi connectivity index (χ4v) is 5.22.